The number of aliphatic carboxylic acids is 1. The Balaban J connectivity index is 1.57. The predicted octanol–water partition coefficient (Wildman–Crippen LogP) is 0.186. The van der Waals surface area contributed by atoms with Crippen LogP contribution >= 0.6 is 11.6 Å². The molecule has 31 heavy (non-hydrogen) atoms. The second-order valence-electron chi connectivity index (χ2n) is 7.99. The standard InChI is InChI=1S/C19H20ClN3O7S/c20-13-3-10(30-11-7-29-8-11)1-2-15(13)31(27,28)12-4-14(17(24)25)23(6-12)16-5-19(16,9-21)18(22)26/h1-3,11-12,14,16H,4-8H2,(H2,22,26)(H,24,25)/t12-,14+,16?,19?/m1/s1. The van der Waals surface area contributed by atoms with Crippen LogP contribution in [0.1, 0.15) is 12.8 Å². The Labute approximate surface area is 183 Å². The average molecular weight is 470 g/mol. The van der Waals surface area contributed by atoms with E-state index in [0.717, 1.165) is 0 Å². The van der Waals surface area contributed by atoms with E-state index in [1.54, 1.807) is 0 Å². The van der Waals surface area contributed by atoms with E-state index in [1.165, 1.54) is 23.1 Å². The van der Waals surface area contributed by atoms with Crippen molar-refractivity contribution in [1.29, 1.82) is 5.26 Å². The van der Waals surface area contributed by atoms with Gasteiger partial charge in [-0.15, -0.1) is 0 Å². The van der Waals surface area contributed by atoms with Gasteiger partial charge in [-0.3, -0.25) is 14.5 Å². The van der Waals surface area contributed by atoms with E-state index in [9.17, 15) is 28.4 Å². The fourth-order valence-electron chi connectivity index (χ4n) is 4.16. The first-order chi connectivity index (χ1) is 14.6. The number of benzene rings is 1. The maximum absolute atomic E-state index is 13.3. The smallest absolute Gasteiger partial charge is 0.320 e. The van der Waals surface area contributed by atoms with Crippen LogP contribution in [0, 0.1) is 16.7 Å². The minimum Gasteiger partial charge on any atom is -0.486 e. The molecule has 2 saturated heterocycles. The second kappa shape index (κ2) is 7.63. The first kappa shape index (κ1) is 21.8. The highest BCUT2D eigenvalue weighted by Gasteiger charge is 2.66. The molecule has 1 amide bonds. The summed E-state index contributed by atoms with van der Waals surface area (Å²) in [6, 6.07) is 4.22. The van der Waals surface area contributed by atoms with E-state index in [-0.39, 0.29) is 35.4 Å². The summed E-state index contributed by atoms with van der Waals surface area (Å²) >= 11 is 6.23. The molecule has 4 rings (SSSR count). The van der Waals surface area contributed by atoms with Crippen molar-refractivity contribution in [2.75, 3.05) is 19.8 Å². The monoisotopic (exact) mass is 469 g/mol. The highest BCUT2D eigenvalue weighted by molar-refractivity contribution is 7.92. The lowest BCUT2D eigenvalue weighted by atomic mass is 10.1. The number of amides is 1. The topological polar surface area (TPSA) is 160 Å². The molecule has 1 aromatic rings. The van der Waals surface area contributed by atoms with Gasteiger partial charge in [0, 0.05) is 18.7 Å². The Morgan fingerprint density at radius 2 is 2.10 bits per heavy atom. The van der Waals surface area contributed by atoms with E-state index in [0.29, 0.717) is 19.0 Å². The maximum Gasteiger partial charge on any atom is 0.320 e. The van der Waals surface area contributed by atoms with Gasteiger partial charge in [0.15, 0.2) is 15.3 Å². The molecule has 2 heterocycles. The van der Waals surface area contributed by atoms with Gasteiger partial charge in [-0.1, -0.05) is 11.6 Å². The minimum absolute atomic E-state index is 0.0296. The third-order valence-corrected chi connectivity index (χ3v) is 8.72. The minimum atomic E-state index is -3.99. The number of carboxylic acids is 1. The normalized spacial score (nSPS) is 30.9. The molecule has 2 unspecified atom stereocenters. The SMILES string of the molecule is N#CC1(C(N)=O)CC1N1C[C@H](S(=O)(=O)c2ccc(OC3COC3)cc2Cl)C[C@H]1C(=O)O. The zero-order valence-corrected chi connectivity index (χ0v) is 17.8. The van der Waals surface area contributed by atoms with Crippen LogP contribution in [-0.2, 0) is 24.2 Å². The van der Waals surface area contributed by atoms with Crippen molar-refractivity contribution in [3.8, 4) is 11.8 Å². The highest BCUT2D eigenvalue weighted by atomic mass is 35.5. The van der Waals surface area contributed by atoms with Crippen molar-refractivity contribution in [2.45, 2.75) is 41.2 Å². The lowest BCUT2D eigenvalue weighted by Gasteiger charge is -2.27. The van der Waals surface area contributed by atoms with Gasteiger partial charge in [0.2, 0.25) is 5.91 Å². The number of likely N-dealkylation sites (tertiary alicyclic amines) is 1. The number of primary amides is 1. The third kappa shape index (κ3) is 3.63. The number of carbonyl (C=O) groups excluding carboxylic acids is 1. The van der Waals surface area contributed by atoms with Crippen LogP contribution in [0.25, 0.3) is 0 Å². The van der Waals surface area contributed by atoms with Crippen molar-refractivity contribution < 1.29 is 32.6 Å². The zero-order valence-electron chi connectivity index (χ0n) is 16.2. The van der Waals surface area contributed by atoms with E-state index in [4.69, 9.17) is 26.8 Å². The molecule has 1 saturated carbocycles. The maximum atomic E-state index is 13.3. The van der Waals surface area contributed by atoms with Crippen LogP contribution in [-0.4, -0.2) is 73.5 Å². The summed E-state index contributed by atoms with van der Waals surface area (Å²) in [4.78, 5) is 24.8. The second-order valence-corrected chi connectivity index (χ2v) is 10.6. The summed E-state index contributed by atoms with van der Waals surface area (Å²) in [5.41, 5.74) is 3.83. The van der Waals surface area contributed by atoms with Gasteiger partial charge in [-0.25, -0.2) is 8.42 Å². The third-order valence-electron chi connectivity index (χ3n) is 6.11. The van der Waals surface area contributed by atoms with Gasteiger partial charge in [0.25, 0.3) is 0 Å². The summed E-state index contributed by atoms with van der Waals surface area (Å²) in [6.07, 6.45) is -0.224. The van der Waals surface area contributed by atoms with Crippen LogP contribution in [0.15, 0.2) is 23.1 Å². The van der Waals surface area contributed by atoms with Crippen LogP contribution in [0.2, 0.25) is 5.02 Å². The fraction of sp³-hybridized carbons (Fsp3) is 0.526. The summed E-state index contributed by atoms with van der Waals surface area (Å²) in [7, 11) is -3.99. The number of rotatable bonds is 7. The van der Waals surface area contributed by atoms with Crippen molar-refractivity contribution in [3.63, 3.8) is 0 Å². The van der Waals surface area contributed by atoms with E-state index < -0.39 is 44.5 Å². The molecule has 0 spiro atoms. The molecule has 3 aliphatic rings. The summed E-state index contributed by atoms with van der Waals surface area (Å²) < 4.78 is 37.2. The fourth-order valence-corrected chi connectivity index (χ4v) is 6.40. The lowest BCUT2D eigenvalue weighted by molar-refractivity contribution is -0.142. The Kier molecular flexibility index (Phi) is 5.37. The number of carboxylic acid groups (broad SMARTS) is 1. The predicted molar refractivity (Wildman–Crippen MR) is 106 cm³/mol. The molecule has 12 heteroatoms. The molecule has 166 valence electrons. The number of hydrogen-bond donors (Lipinski definition) is 2. The van der Waals surface area contributed by atoms with E-state index in [2.05, 4.69) is 0 Å². The lowest BCUT2D eigenvalue weighted by Crippen LogP contribution is -2.42. The molecule has 10 nitrogen and oxygen atoms in total. The largest absolute Gasteiger partial charge is 0.486 e. The molecule has 3 N–H and O–H groups in total. The molecule has 1 aromatic carbocycles. The number of nitrogens with two attached hydrogens (primary N) is 1. The Morgan fingerprint density at radius 1 is 1.39 bits per heavy atom. The average Bonchev–Trinajstić information content (AvgIpc) is 3.25. The van der Waals surface area contributed by atoms with Gasteiger partial charge in [0.1, 0.15) is 17.9 Å². The molecular formula is C19H20ClN3O7S. The molecule has 0 radical (unpaired) electrons. The van der Waals surface area contributed by atoms with Crippen LogP contribution in [0.4, 0.5) is 0 Å². The van der Waals surface area contributed by atoms with Crippen LogP contribution in [0.5, 0.6) is 5.75 Å². The van der Waals surface area contributed by atoms with Gasteiger partial charge >= 0.3 is 5.97 Å². The van der Waals surface area contributed by atoms with E-state index >= 15 is 0 Å². The molecule has 4 atom stereocenters. The van der Waals surface area contributed by atoms with Crippen molar-refractivity contribution >= 4 is 33.3 Å². The van der Waals surface area contributed by atoms with Crippen molar-refractivity contribution in [3.05, 3.63) is 23.2 Å². The molecular weight excluding hydrogens is 450 g/mol. The van der Waals surface area contributed by atoms with Crippen LogP contribution in [0.3, 0.4) is 0 Å². The van der Waals surface area contributed by atoms with Gasteiger partial charge < -0.3 is 20.3 Å². The van der Waals surface area contributed by atoms with E-state index in [1.807, 2.05) is 6.07 Å². The van der Waals surface area contributed by atoms with Crippen LogP contribution < -0.4 is 10.5 Å². The van der Waals surface area contributed by atoms with Gasteiger partial charge in [-0.2, -0.15) is 5.26 Å². The summed E-state index contributed by atoms with van der Waals surface area (Å²) in [6.45, 7) is 0.750. The number of halogens is 1. The van der Waals surface area contributed by atoms with Crippen molar-refractivity contribution in [2.24, 2.45) is 11.1 Å². The van der Waals surface area contributed by atoms with Gasteiger partial charge in [-0.05, 0) is 25.0 Å². The molecule has 0 bridgehead atoms. The molecule has 1 aliphatic carbocycles. The number of carbonyl (C=O) groups is 2. The summed E-state index contributed by atoms with van der Waals surface area (Å²) in [5.74, 6) is -1.66. The Bertz CT molecular complexity index is 1080. The molecule has 3 fully saturated rings. The number of sulfone groups is 1. The molecule has 0 aromatic heterocycles. The molecule has 2 aliphatic heterocycles. The Hall–Kier alpha value is -2.39. The number of nitrogens with zero attached hydrogens (tertiary/aromatic N) is 2. The summed E-state index contributed by atoms with van der Waals surface area (Å²) in [5, 5.41) is 17.9. The number of ether oxygens (including phenoxy) is 2. The van der Waals surface area contributed by atoms with Crippen molar-refractivity contribution in [1.82, 2.24) is 4.90 Å². The number of nitriles is 1. The number of hydrogen-bond acceptors (Lipinski definition) is 8. The quantitative estimate of drug-likeness (QED) is 0.567. The highest BCUT2D eigenvalue weighted by Crippen LogP contribution is 2.51. The first-order valence-corrected chi connectivity index (χ1v) is 11.5. The zero-order chi connectivity index (χ0) is 22.6. The first-order valence-electron chi connectivity index (χ1n) is 9.57. The Morgan fingerprint density at radius 3 is 2.58 bits per heavy atom. The van der Waals surface area contributed by atoms with Gasteiger partial charge in [0.05, 0.1) is 34.5 Å².